The van der Waals surface area contributed by atoms with E-state index in [1.54, 1.807) is 6.20 Å². The van der Waals surface area contributed by atoms with Crippen molar-refractivity contribution in [3.8, 4) is 11.3 Å². The van der Waals surface area contributed by atoms with Crippen LogP contribution >= 0.6 is 0 Å². The fourth-order valence-corrected chi connectivity index (χ4v) is 3.18. The fourth-order valence-electron chi connectivity index (χ4n) is 3.18. The van der Waals surface area contributed by atoms with Crippen LogP contribution in [0, 0.1) is 13.8 Å². The molecular formula is C23H22N4O. The predicted molar refractivity (Wildman–Crippen MR) is 111 cm³/mol. The van der Waals surface area contributed by atoms with Gasteiger partial charge >= 0.3 is 0 Å². The largest absolute Gasteiger partial charge is 0.325 e. The lowest BCUT2D eigenvalue weighted by Crippen LogP contribution is -2.19. The first kappa shape index (κ1) is 17.9. The summed E-state index contributed by atoms with van der Waals surface area (Å²) >= 11 is 0. The molecule has 5 nitrogen and oxygen atoms in total. The van der Waals surface area contributed by atoms with Gasteiger partial charge in [0.05, 0.1) is 11.6 Å². The molecule has 1 unspecified atom stereocenters. The van der Waals surface area contributed by atoms with Crippen molar-refractivity contribution in [2.24, 2.45) is 0 Å². The van der Waals surface area contributed by atoms with Crippen molar-refractivity contribution < 1.29 is 4.79 Å². The minimum Gasteiger partial charge on any atom is -0.325 e. The molecule has 0 fully saturated rings. The van der Waals surface area contributed by atoms with Crippen molar-refractivity contribution in [2.45, 2.75) is 26.7 Å². The third-order valence-electron chi connectivity index (χ3n) is 4.92. The number of carbonyl (C=O) groups excluding carboxylic acids is 1. The van der Waals surface area contributed by atoms with Crippen LogP contribution in [0.2, 0.25) is 0 Å². The maximum Gasteiger partial charge on any atom is 0.234 e. The zero-order valence-corrected chi connectivity index (χ0v) is 16.2. The van der Waals surface area contributed by atoms with Crippen molar-refractivity contribution >= 4 is 17.4 Å². The summed E-state index contributed by atoms with van der Waals surface area (Å²) in [6.45, 7) is 5.90. The Kier molecular flexibility index (Phi) is 4.65. The van der Waals surface area contributed by atoms with Gasteiger partial charge in [0.15, 0.2) is 0 Å². The molecule has 0 saturated carbocycles. The van der Waals surface area contributed by atoms with E-state index in [1.165, 1.54) is 0 Å². The molecule has 0 aliphatic carbocycles. The van der Waals surface area contributed by atoms with E-state index >= 15 is 0 Å². The molecule has 0 radical (unpaired) electrons. The molecule has 4 rings (SSSR count). The Bertz CT molecular complexity index is 1150. The van der Waals surface area contributed by atoms with Crippen LogP contribution in [0.25, 0.3) is 17.0 Å². The topological polar surface area (TPSA) is 59.3 Å². The number of hydrogen-bond acceptors (Lipinski definition) is 3. The summed E-state index contributed by atoms with van der Waals surface area (Å²) in [5, 5.41) is 3.07. The molecule has 1 amide bonds. The van der Waals surface area contributed by atoms with Crippen LogP contribution in [-0.2, 0) is 4.79 Å². The maximum atomic E-state index is 12.8. The molecule has 4 aromatic rings. The zero-order chi connectivity index (χ0) is 19.7. The van der Waals surface area contributed by atoms with Gasteiger partial charge in [-0.15, -0.1) is 0 Å². The Morgan fingerprint density at radius 3 is 2.64 bits per heavy atom. The average molecular weight is 370 g/mol. The summed E-state index contributed by atoms with van der Waals surface area (Å²) in [6.07, 6.45) is 5.76. The van der Waals surface area contributed by atoms with Crippen molar-refractivity contribution in [3.05, 3.63) is 83.8 Å². The minimum atomic E-state index is -0.230. The number of aryl methyl sites for hydroxylation is 2. The number of carbonyl (C=O) groups is 1. The molecule has 1 N–H and O–H groups in total. The van der Waals surface area contributed by atoms with Gasteiger partial charge in [-0.25, -0.2) is 9.97 Å². The molecule has 0 bridgehead atoms. The Hall–Kier alpha value is -3.47. The van der Waals surface area contributed by atoms with E-state index in [4.69, 9.17) is 0 Å². The Balaban J connectivity index is 1.62. The first-order chi connectivity index (χ1) is 13.5. The first-order valence-electron chi connectivity index (χ1n) is 9.29. The van der Waals surface area contributed by atoms with Crippen molar-refractivity contribution in [1.29, 1.82) is 0 Å². The molecule has 0 saturated heterocycles. The second-order valence-corrected chi connectivity index (χ2v) is 7.12. The van der Waals surface area contributed by atoms with Gasteiger partial charge < -0.3 is 5.32 Å². The molecule has 0 spiro atoms. The number of nitrogens with one attached hydrogen (secondary N) is 1. The molecule has 5 heteroatoms. The molecule has 2 aromatic heterocycles. The fraction of sp³-hybridized carbons (Fsp3) is 0.174. The average Bonchev–Trinajstić information content (AvgIpc) is 3.12. The van der Waals surface area contributed by atoms with Crippen LogP contribution in [-0.4, -0.2) is 20.3 Å². The van der Waals surface area contributed by atoms with E-state index in [1.807, 2.05) is 86.1 Å². The molecule has 140 valence electrons. The summed E-state index contributed by atoms with van der Waals surface area (Å²) in [5.41, 5.74) is 5.64. The molecule has 2 aromatic carbocycles. The monoisotopic (exact) mass is 370 g/mol. The summed E-state index contributed by atoms with van der Waals surface area (Å²) < 4.78 is 1.92. The third-order valence-corrected chi connectivity index (χ3v) is 4.92. The molecule has 2 heterocycles. The molecular weight excluding hydrogens is 348 g/mol. The molecule has 1 atom stereocenters. The lowest BCUT2D eigenvalue weighted by molar-refractivity contribution is -0.117. The molecule has 0 aliphatic heterocycles. The second-order valence-electron chi connectivity index (χ2n) is 7.12. The number of amides is 1. The van der Waals surface area contributed by atoms with Gasteiger partial charge in [-0.2, -0.15) is 0 Å². The lowest BCUT2D eigenvalue weighted by Gasteiger charge is -2.15. The third kappa shape index (κ3) is 3.51. The second kappa shape index (κ2) is 7.27. The highest BCUT2D eigenvalue weighted by molar-refractivity contribution is 5.96. The highest BCUT2D eigenvalue weighted by atomic mass is 16.1. The highest BCUT2D eigenvalue weighted by Crippen LogP contribution is 2.26. The van der Waals surface area contributed by atoms with Gasteiger partial charge in [-0.05, 0) is 43.5 Å². The summed E-state index contributed by atoms with van der Waals surface area (Å²) in [7, 11) is 0. The number of aromatic nitrogens is 3. The summed E-state index contributed by atoms with van der Waals surface area (Å²) in [6, 6.07) is 15.8. The van der Waals surface area contributed by atoms with E-state index in [0.717, 1.165) is 33.6 Å². The standard InChI is InChI=1S/C23H22N4O/c1-15-12-24-23-26-21(14-27(23)13-15)19-10-9-16(2)20(11-19)25-22(28)17(3)18-7-5-4-6-8-18/h4-14,17H,1-3H3,(H,25,28). The summed E-state index contributed by atoms with van der Waals surface area (Å²) in [5.74, 6) is 0.398. The van der Waals surface area contributed by atoms with Crippen LogP contribution in [0.3, 0.4) is 0 Å². The quantitative estimate of drug-likeness (QED) is 0.564. The molecule has 28 heavy (non-hydrogen) atoms. The smallest absolute Gasteiger partial charge is 0.234 e. The number of fused-ring (bicyclic) bond motifs is 1. The molecule has 0 aliphatic rings. The van der Waals surface area contributed by atoms with Gasteiger partial charge in [0, 0.05) is 29.8 Å². The summed E-state index contributed by atoms with van der Waals surface area (Å²) in [4.78, 5) is 21.7. The minimum absolute atomic E-state index is 0.0289. The number of benzene rings is 2. The number of imidazole rings is 1. The normalized spacial score (nSPS) is 12.1. The Morgan fingerprint density at radius 1 is 1.07 bits per heavy atom. The number of hydrogen-bond donors (Lipinski definition) is 1. The van der Waals surface area contributed by atoms with Crippen molar-refractivity contribution in [2.75, 3.05) is 5.32 Å². The van der Waals surface area contributed by atoms with Crippen LogP contribution in [0.4, 0.5) is 5.69 Å². The first-order valence-corrected chi connectivity index (χ1v) is 9.29. The number of anilines is 1. The van der Waals surface area contributed by atoms with E-state index < -0.39 is 0 Å². The predicted octanol–water partition coefficient (Wildman–Crippen LogP) is 4.76. The SMILES string of the molecule is Cc1cnc2nc(-c3ccc(C)c(NC(=O)C(C)c4ccccc4)c3)cn2c1. The van der Waals surface area contributed by atoms with Crippen LogP contribution in [0.5, 0.6) is 0 Å². The van der Waals surface area contributed by atoms with Crippen LogP contribution in [0.1, 0.15) is 29.5 Å². The number of nitrogens with zero attached hydrogens (tertiary/aromatic N) is 3. The van der Waals surface area contributed by atoms with Gasteiger partial charge in [-0.1, -0.05) is 42.5 Å². The zero-order valence-electron chi connectivity index (χ0n) is 16.2. The van der Waals surface area contributed by atoms with Gasteiger partial charge in [0.1, 0.15) is 0 Å². The van der Waals surface area contributed by atoms with Crippen molar-refractivity contribution in [3.63, 3.8) is 0 Å². The van der Waals surface area contributed by atoms with Gasteiger partial charge in [-0.3, -0.25) is 9.20 Å². The Morgan fingerprint density at radius 2 is 1.86 bits per heavy atom. The van der Waals surface area contributed by atoms with Gasteiger partial charge in [0.25, 0.3) is 0 Å². The maximum absolute atomic E-state index is 12.8. The number of rotatable bonds is 4. The van der Waals surface area contributed by atoms with Crippen LogP contribution in [0.15, 0.2) is 67.1 Å². The highest BCUT2D eigenvalue weighted by Gasteiger charge is 2.16. The van der Waals surface area contributed by atoms with E-state index in [9.17, 15) is 4.79 Å². The van der Waals surface area contributed by atoms with Gasteiger partial charge in [0.2, 0.25) is 11.7 Å². The van der Waals surface area contributed by atoms with E-state index in [2.05, 4.69) is 15.3 Å². The van der Waals surface area contributed by atoms with Crippen molar-refractivity contribution in [1.82, 2.24) is 14.4 Å². The van der Waals surface area contributed by atoms with Crippen LogP contribution < -0.4 is 5.32 Å². The Labute approximate surface area is 164 Å². The van der Waals surface area contributed by atoms with E-state index in [0.29, 0.717) is 5.78 Å². The van der Waals surface area contributed by atoms with E-state index in [-0.39, 0.29) is 11.8 Å². The lowest BCUT2D eigenvalue weighted by atomic mass is 10.00.